The summed E-state index contributed by atoms with van der Waals surface area (Å²) in [7, 11) is 0. The van der Waals surface area contributed by atoms with Crippen molar-refractivity contribution in [3.63, 3.8) is 0 Å². The van der Waals surface area contributed by atoms with Gasteiger partial charge >= 0.3 is 11.8 Å². The number of hydrogen-bond donors (Lipinski definition) is 2. The average molecular weight is 456 g/mol. The van der Waals surface area contributed by atoms with Gasteiger partial charge in [0.05, 0.1) is 16.0 Å². The van der Waals surface area contributed by atoms with Gasteiger partial charge in [0.15, 0.2) is 11.6 Å². The molecule has 10 nitrogen and oxygen atoms in total. The van der Waals surface area contributed by atoms with Gasteiger partial charge < -0.3 is 19.6 Å². The van der Waals surface area contributed by atoms with Crippen LogP contribution in [0.3, 0.4) is 0 Å². The van der Waals surface area contributed by atoms with E-state index in [9.17, 15) is 9.59 Å². The lowest BCUT2D eigenvalue weighted by molar-refractivity contribution is 0.0891. The second-order valence-corrected chi connectivity index (χ2v) is 6.11. The number of halogens is 1. The van der Waals surface area contributed by atoms with E-state index in [1.807, 2.05) is 6.20 Å². The Labute approximate surface area is 155 Å². The Kier molecular flexibility index (Phi) is 5.42. The Hall–Kier alpha value is -2.70. The first-order valence-corrected chi connectivity index (χ1v) is 8.30. The summed E-state index contributed by atoms with van der Waals surface area (Å²) in [5.41, 5.74) is 0. The number of nitrogens with zero attached hydrogens (tertiary/aromatic N) is 4. The van der Waals surface area contributed by atoms with E-state index in [2.05, 4.69) is 48.5 Å². The third kappa shape index (κ3) is 4.65. The van der Waals surface area contributed by atoms with Crippen LogP contribution in [0, 0.1) is 3.57 Å². The predicted octanol–water partition coefficient (Wildman–Crippen LogP) is 0.672. The van der Waals surface area contributed by atoms with Gasteiger partial charge in [-0.2, -0.15) is 10.1 Å². The molecule has 2 N–H and O–H groups in total. The van der Waals surface area contributed by atoms with Gasteiger partial charge in [0.25, 0.3) is 5.91 Å². The van der Waals surface area contributed by atoms with Crippen molar-refractivity contribution in [2.75, 3.05) is 13.1 Å². The topological polar surface area (TPSA) is 128 Å². The van der Waals surface area contributed by atoms with Crippen molar-refractivity contribution in [2.45, 2.75) is 6.54 Å². The quantitative estimate of drug-likeness (QED) is 0.395. The van der Waals surface area contributed by atoms with Crippen LogP contribution in [0.2, 0.25) is 0 Å². The molecule has 0 saturated carbocycles. The summed E-state index contributed by atoms with van der Waals surface area (Å²) in [6.45, 7) is 0.747. The maximum atomic E-state index is 11.9. The lowest BCUT2D eigenvalue weighted by atomic mass is 10.4. The van der Waals surface area contributed by atoms with Crippen LogP contribution in [-0.2, 0) is 6.54 Å². The van der Waals surface area contributed by atoms with Crippen LogP contribution in [0.1, 0.15) is 27.1 Å². The first-order chi connectivity index (χ1) is 12.1. The molecule has 0 atom stereocenters. The highest BCUT2D eigenvalue weighted by atomic mass is 127. The number of amides is 2. The van der Waals surface area contributed by atoms with E-state index in [-0.39, 0.29) is 30.6 Å². The molecule has 3 aromatic rings. The minimum atomic E-state index is -0.513. The van der Waals surface area contributed by atoms with Crippen LogP contribution < -0.4 is 10.6 Å². The van der Waals surface area contributed by atoms with Gasteiger partial charge in [-0.25, -0.2) is 0 Å². The summed E-state index contributed by atoms with van der Waals surface area (Å²) in [5.74, 6) is -0.458. The Bertz CT molecular complexity index is 856. The molecular formula is C14H13IN6O4. The second kappa shape index (κ2) is 7.92. The zero-order chi connectivity index (χ0) is 17.6. The van der Waals surface area contributed by atoms with Crippen LogP contribution in [0.5, 0.6) is 0 Å². The smallest absolute Gasteiger partial charge is 0.316 e. The minimum Gasteiger partial charge on any atom is -0.459 e. The maximum Gasteiger partial charge on any atom is 0.316 e. The monoisotopic (exact) mass is 456 g/mol. The fourth-order valence-corrected chi connectivity index (χ4v) is 2.35. The van der Waals surface area contributed by atoms with E-state index in [4.69, 9.17) is 8.94 Å². The van der Waals surface area contributed by atoms with Crippen molar-refractivity contribution in [3.8, 4) is 0 Å². The molecule has 3 heterocycles. The third-order valence-corrected chi connectivity index (χ3v) is 3.57. The Morgan fingerprint density at radius 1 is 1.24 bits per heavy atom. The van der Waals surface area contributed by atoms with E-state index in [0.717, 1.165) is 3.57 Å². The molecule has 0 fully saturated rings. The Morgan fingerprint density at radius 3 is 2.72 bits per heavy atom. The SMILES string of the molecule is O=C(NCCNC(=O)c1nc(Cn2cc(I)cn2)no1)c1ccco1. The van der Waals surface area contributed by atoms with Crippen LogP contribution in [0.25, 0.3) is 0 Å². The van der Waals surface area contributed by atoms with E-state index in [0.29, 0.717) is 12.4 Å². The summed E-state index contributed by atoms with van der Waals surface area (Å²) >= 11 is 2.14. The molecule has 0 aliphatic carbocycles. The summed E-state index contributed by atoms with van der Waals surface area (Å²) in [5, 5.41) is 13.0. The molecule has 0 bridgehead atoms. The normalized spacial score (nSPS) is 10.6. The first-order valence-electron chi connectivity index (χ1n) is 7.22. The van der Waals surface area contributed by atoms with Gasteiger partial charge in [0.1, 0.15) is 6.54 Å². The van der Waals surface area contributed by atoms with E-state index in [1.165, 1.54) is 6.26 Å². The number of rotatable bonds is 7. The van der Waals surface area contributed by atoms with Gasteiger partial charge in [-0.15, -0.1) is 0 Å². The van der Waals surface area contributed by atoms with Gasteiger partial charge in [0, 0.05) is 19.3 Å². The summed E-state index contributed by atoms with van der Waals surface area (Å²) in [4.78, 5) is 27.6. The van der Waals surface area contributed by atoms with Crippen molar-refractivity contribution in [1.29, 1.82) is 0 Å². The number of hydrogen-bond acceptors (Lipinski definition) is 7. The third-order valence-electron chi connectivity index (χ3n) is 3.01. The maximum absolute atomic E-state index is 11.9. The van der Waals surface area contributed by atoms with Crippen LogP contribution >= 0.6 is 22.6 Å². The first kappa shape index (κ1) is 17.1. The Morgan fingerprint density at radius 2 is 2.04 bits per heavy atom. The number of nitrogens with one attached hydrogen (secondary N) is 2. The average Bonchev–Trinajstić information content (AvgIpc) is 3.33. The standard InChI is InChI=1S/C14H13IN6O4/c15-9-6-18-21(7-9)8-11-19-14(25-20-11)13(23)17-4-3-16-12(22)10-2-1-5-24-10/h1-2,5-7H,3-4,8H2,(H,16,22)(H,17,23). The fourth-order valence-electron chi connectivity index (χ4n) is 1.90. The van der Waals surface area contributed by atoms with Crippen molar-refractivity contribution in [1.82, 2.24) is 30.6 Å². The molecule has 25 heavy (non-hydrogen) atoms. The molecule has 0 spiro atoms. The van der Waals surface area contributed by atoms with E-state index >= 15 is 0 Å². The molecule has 0 aliphatic heterocycles. The second-order valence-electron chi connectivity index (χ2n) is 4.86. The van der Waals surface area contributed by atoms with Crippen molar-refractivity contribution in [2.24, 2.45) is 0 Å². The number of aromatic nitrogens is 4. The molecule has 0 saturated heterocycles. The van der Waals surface area contributed by atoms with Gasteiger partial charge in [-0.05, 0) is 34.7 Å². The van der Waals surface area contributed by atoms with Gasteiger partial charge in [0.2, 0.25) is 0 Å². The molecule has 0 aromatic carbocycles. The summed E-state index contributed by atoms with van der Waals surface area (Å²) in [6, 6.07) is 3.17. The minimum absolute atomic E-state index is 0.144. The lowest BCUT2D eigenvalue weighted by Gasteiger charge is -2.03. The van der Waals surface area contributed by atoms with Crippen LogP contribution in [-0.4, -0.2) is 44.8 Å². The largest absolute Gasteiger partial charge is 0.459 e. The number of furan rings is 1. The molecule has 2 amide bonds. The molecule has 0 aliphatic rings. The van der Waals surface area contributed by atoms with Crippen LogP contribution in [0.4, 0.5) is 0 Å². The van der Waals surface area contributed by atoms with E-state index < -0.39 is 5.91 Å². The van der Waals surface area contributed by atoms with Crippen molar-refractivity contribution >= 4 is 34.4 Å². The van der Waals surface area contributed by atoms with Gasteiger partial charge in [-0.1, -0.05) is 5.16 Å². The van der Waals surface area contributed by atoms with Gasteiger partial charge in [-0.3, -0.25) is 14.3 Å². The Balaban J connectivity index is 1.43. The highest BCUT2D eigenvalue weighted by Gasteiger charge is 2.15. The zero-order valence-corrected chi connectivity index (χ0v) is 15.0. The lowest BCUT2D eigenvalue weighted by Crippen LogP contribution is -2.34. The number of carbonyl (C=O) groups is 2. The highest BCUT2D eigenvalue weighted by molar-refractivity contribution is 14.1. The van der Waals surface area contributed by atoms with Crippen LogP contribution in [0.15, 0.2) is 39.7 Å². The molecule has 11 heteroatoms. The zero-order valence-electron chi connectivity index (χ0n) is 12.8. The molecule has 0 radical (unpaired) electrons. The van der Waals surface area contributed by atoms with Crippen molar-refractivity contribution in [3.05, 3.63) is 51.8 Å². The summed E-state index contributed by atoms with van der Waals surface area (Å²) in [6.07, 6.45) is 4.93. The van der Waals surface area contributed by atoms with Crippen molar-refractivity contribution < 1.29 is 18.5 Å². The van der Waals surface area contributed by atoms with E-state index in [1.54, 1.807) is 23.0 Å². The number of carbonyl (C=O) groups excluding carboxylic acids is 2. The highest BCUT2D eigenvalue weighted by Crippen LogP contribution is 2.04. The molecule has 0 unspecified atom stereocenters. The molecular weight excluding hydrogens is 443 g/mol. The molecule has 3 aromatic heterocycles. The summed E-state index contributed by atoms with van der Waals surface area (Å²) < 4.78 is 12.5. The fraction of sp³-hybridized carbons (Fsp3) is 0.214. The molecule has 3 rings (SSSR count). The molecule has 130 valence electrons. The predicted molar refractivity (Wildman–Crippen MR) is 91.7 cm³/mol.